The number of nitrogens with one attached hydrogen (secondary N) is 1. The Morgan fingerprint density at radius 3 is 2.09 bits per heavy atom. The molecule has 0 radical (unpaired) electrons. The van der Waals surface area contributed by atoms with E-state index in [9.17, 15) is 18.3 Å². The molecule has 122 valence electrons. The first-order valence-corrected chi connectivity index (χ1v) is 8.70. The third-order valence-electron chi connectivity index (χ3n) is 3.65. The van der Waals surface area contributed by atoms with Crippen molar-refractivity contribution in [1.29, 1.82) is 0 Å². The number of benzene rings is 2. The lowest BCUT2D eigenvalue weighted by atomic mass is 10.0. The summed E-state index contributed by atoms with van der Waals surface area (Å²) in [4.78, 5) is 12.2. The normalized spacial score (nSPS) is 14.0. The van der Waals surface area contributed by atoms with E-state index in [-0.39, 0.29) is 16.2 Å². The molecule has 5 nitrogen and oxygen atoms in total. The number of hydrogen-bond acceptors (Lipinski definition) is 4. The van der Waals surface area contributed by atoms with Crippen molar-refractivity contribution in [2.75, 3.05) is 5.32 Å². The van der Waals surface area contributed by atoms with E-state index in [2.05, 4.69) is 5.32 Å². The van der Waals surface area contributed by atoms with Crippen molar-refractivity contribution >= 4 is 21.4 Å². The van der Waals surface area contributed by atoms with Crippen LogP contribution in [0.15, 0.2) is 64.4 Å². The Morgan fingerprint density at radius 2 is 1.57 bits per heavy atom. The van der Waals surface area contributed by atoms with E-state index in [1.165, 1.54) is 43.3 Å². The Hall–Kier alpha value is -2.18. The highest BCUT2D eigenvalue weighted by Gasteiger charge is 2.27. The van der Waals surface area contributed by atoms with E-state index in [4.69, 9.17) is 0 Å². The van der Waals surface area contributed by atoms with E-state index in [0.29, 0.717) is 5.69 Å². The summed E-state index contributed by atoms with van der Waals surface area (Å²) in [5.41, 5.74) is -1.04. The first-order chi connectivity index (χ1) is 10.8. The van der Waals surface area contributed by atoms with Crippen LogP contribution >= 0.6 is 0 Å². The zero-order chi connectivity index (χ0) is 17.1. The molecule has 0 saturated carbocycles. The van der Waals surface area contributed by atoms with Crippen molar-refractivity contribution in [3.05, 3.63) is 54.6 Å². The van der Waals surface area contributed by atoms with Gasteiger partial charge in [0.2, 0.25) is 9.84 Å². The minimum absolute atomic E-state index is 0.143. The first kappa shape index (κ1) is 17.2. The van der Waals surface area contributed by atoms with Crippen LogP contribution in [-0.4, -0.2) is 25.0 Å². The van der Waals surface area contributed by atoms with Crippen molar-refractivity contribution in [3.8, 4) is 0 Å². The summed E-state index contributed by atoms with van der Waals surface area (Å²) in [5.74, 6) is -0.529. The molecule has 2 N–H and O–H groups in total. The molecule has 1 unspecified atom stereocenters. The third kappa shape index (κ3) is 3.78. The van der Waals surface area contributed by atoms with Gasteiger partial charge in [0.25, 0.3) is 5.91 Å². The Kier molecular flexibility index (Phi) is 4.87. The van der Waals surface area contributed by atoms with E-state index in [0.717, 1.165) is 0 Å². The maximum Gasteiger partial charge on any atom is 0.256 e. The molecule has 2 rings (SSSR count). The molecule has 1 atom stereocenters. The number of sulfone groups is 1. The maximum atomic E-state index is 12.4. The molecule has 0 aliphatic carbocycles. The van der Waals surface area contributed by atoms with Gasteiger partial charge in [0.05, 0.1) is 9.79 Å². The minimum Gasteiger partial charge on any atom is -0.380 e. The first-order valence-electron chi connectivity index (χ1n) is 7.21. The van der Waals surface area contributed by atoms with E-state index < -0.39 is 21.3 Å². The molecule has 0 bridgehead atoms. The van der Waals surface area contributed by atoms with Crippen molar-refractivity contribution in [3.63, 3.8) is 0 Å². The quantitative estimate of drug-likeness (QED) is 0.881. The van der Waals surface area contributed by atoms with Gasteiger partial charge in [0.15, 0.2) is 0 Å². The number of carbonyl (C=O) groups excluding carboxylic acids is 1. The summed E-state index contributed by atoms with van der Waals surface area (Å²) in [5, 5.41) is 12.4. The van der Waals surface area contributed by atoms with Crippen LogP contribution in [-0.2, 0) is 14.6 Å². The number of hydrogen-bond donors (Lipinski definition) is 2. The predicted molar refractivity (Wildman–Crippen MR) is 87.9 cm³/mol. The molecular formula is C17H19NO4S. The van der Waals surface area contributed by atoms with Gasteiger partial charge in [-0.05, 0) is 49.7 Å². The summed E-state index contributed by atoms with van der Waals surface area (Å²) in [7, 11) is -3.58. The zero-order valence-corrected chi connectivity index (χ0v) is 13.8. The fourth-order valence-corrected chi connectivity index (χ4v) is 3.16. The molecule has 6 heteroatoms. The minimum atomic E-state index is -3.58. The van der Waals surface area contributed by atoms with Crippen molar-refractivity contribution in [1.82, 2.24) is 0 Å². The van der Waals surface area contributed by atoms with Crippen LogP contribution in [0.3, 0.4) is 0 Å². The Bertz CT molecular complexity index is 781. The summed E-state index contributed by atoms with van der Waals surface area (Å²) in [6.07, 6.45) is 0.277. The molecule has 0 aliphatic rings. The third-order valence-corrected chi connectivity index (χ3v) is 5.44. The number of rotatable bonds is 5. The largest absolute Gasteiger partial charge is 0.380 e. The number of anilines is 1. The smallest absolute Gasteiger partial charge is 0.256 e. The van der Waals surface area contributed by atoms with E-state index >= 15 is 0 Å². The fourth-order valence-electron chi connectivity index (χ4n) is 1.88. The highest BCUT2D eigenvalue weighted by molar-refractivity contribution is 7.91. The van der Waals surface area contributed by atoms with Gasteiger partial charge in [-0.3, -0.25) is 4.79 Å². The van der Waals surface area contributed by atoms with Crippen LogP contribution in [0, 0.1) is 0 Å². The zero-order valence-electron chi connectivity index (χ0n) is 13.0. The standard InChI is InChI=1S/C17H19NO4S/c1-3-17(2,20)16(19)18-13-9-11-15(12-10-13)23(21,22)14-7-5-4-6-8-14/h4-12,20H,3H2,1-2H3,(H,18,19). The highest BCUT2D eigenvalue weighted by atomic mass is 32.2. The van der Waals surface area contributed by atoms with Gasteiger partial charge < -0.3 is 10.4 Å². The second kappa shape index (κ2) is 6.52. The molecule has 0 aromatic heterocycles. The predicted octanol–water partition coefficient (Wildman–Crippen LogP) is 2.62. The molecule has 0 spiro atoms. The highest BCUT2D eigenvalue weighted by Crippen LogP contribution is 2.22. The lowest BCUT2D eigenvalue weighted by Crippen LogP contribution is -2.39. The summed E-state index contributed by atoms with van der Waals surface area (Å²) >= 11 is 0. The van der Waals surface area contributed by atoms with Crippen LogP contribution in [0.4, 0.5) is 5.69 Å². The van der Waals surface area contributed by atoms with Gasteiger partial charge in [-0.1, -0.05) is 25.1 Å². The van der Waals surface area contributed by atoms with E-state index in [1.54, 1.807) is 25.1 Å². The topological polar surface area (TPSA) is 83.5 Å². The lowest BCUT2D eigenvalue weighted by molar-refractivity contribution is -0.132. The summed E-state index contributed by atoms with van der Waals surface area (Å²) in [6, 6.07) is 14.0. The molecule has 0 saturated heterocycles. The van der Waals surface area contributed by atoms with Crippen LogP contribution in [0.5, 0.6) is 0 Å². The molecule has 23 heavy (non-hydrogen) atoms. The Labute approximate surface area is 135 Å². The number of aliphatic hydroxyl groups is 1. The summed E-state index contributed by atoms with van der Waals surface area (Å²) < 4.78 is 24.9. The molecule has 1 amide bonds. The maximum absolute atomic E-state index is 12.4. The van der Waals surface area contributed by atoms with Crippen LogP contribution in [0.25, 0.3) is 0 Å². The van der Waals surface area contributed by atoms with E-state index in [1.807, 2.05) is 0 Å². The molecule has 0 aliphatic heterocycles. The van der Waals surface area contributed by atoms with Crippen molar-refractivity contribution in [2.45, 2.75) is 35.7 Å². The lowest BCUT2D eigenvalue weighted by Gasteiger charge is -2.20. The molecule has 0 heterocycles. The summed E-state index contributed by atoms with van der Waals surface area (Å²) in [6.45, 7) is 3.13. The molecular weight excluding hydrogens is 314 g/mol. The second-order valence-electron chi connectivity index (χ2n) is 5.42. The average Bonchev–Trinajstić information content (AvgIpc) is 2.56. The van der Waals surface area contributed by atoms with Crippen molar-refractivity contribution in [2.24, 2.45) is 0 Å². The van der Waals surface area contributed by atoms with Crippen molar-refractivity contribution < 1.29 is 18.3 Å². The Balaban J connectivity index is 2.22. The van der Waals surface area contributed by atoms with Gasteiger partial charge in [0.1, 0.15) is 5.60 Å². The monoisotopic (exact) mass is 333 g/mol. The van der Waals surface area contributed by atoms with Gasteiger partial charge in [0, 0.05) is 5.69 Å². The van der Waals surface area contributed by atoms with Gasteiger partial charge in [-0.25, -0.2) is 8.42 Å². The molecule has 2 aromatic rings. The molecule has 0 fully saturated rings. The fraction of sp³-hybridized carbons (Fsp3) is 0.235. The van der Waals surface area contributed by atoms with Gasteiger partial charge in [-0.2, -0.15) is 0 Å². The Morgan fingerprint density at radius 1 is 1.04 bits per heavy atom. The second-order valence-corrected chi connectivity index (χ2v) is 7.37. The van der Waals surface area contributed by atoms with Gasteiger partial charge in [-0.15, -0.1) is 0 Å². The van der Waals surface area contributed by atoms with Gasteiger partial charge >= 0.3 is 0 Å². The average molecular weight is 333 g/mol. The molecule has 2 aromatic carbocycles. The van der Waals surface area contributed by atoms with Crippen LogP contribution in [0.1, 0.15) is 20.3 Å². The number of amides is 1. The SMILES string of the molecule is CCC(C)(O)C(=O)Nc1ccc(S(=O)(=O)c2ccccc2)cc1. The van der Waals surface area contributed by atoms with Crippen LogP contribution < -0.4 is 5.32 Å². The number of carbonyl (C=O) groups is 1. The van der Waals surface area contributed by atoms with Crippen LogP contribution in [0.2, 0.25) is 0 Å².